The van der Waals surface area contributed by atoms with Crippen LogP contribution in [-0.2, 0) is 9.59 Å². The lowest BCUT2D eigenvalue weighted by atomic mass is 9.96. The number of hydrogen-bond donors (Lipinski definition) is 1. The predicted molar refractivity (Wildman–Crippen MR) is 107 cm³/mol. The Morgan fingerprint density at radius 3 is 2.59 bits per heavy atom. The minimum absolute atomic E-state index is 0. The second kappa shape index (κ2) is 10.5. The highest BCUT2D eigenvalue weighted by molar-refractivity contribution is 5.85. The van der Waals surface area contributed by atoms with Crippen molar-refractivity contribution < 1.29 is 14.3 Å². The minimum Gasteiger partial charge on any atom is -0.493 e. The molecule has 1 aromatic rings. The molecule has 3 rings (SSSR count). The number of halogens is 1. The number of ether oxygens (including phenoxy) is 1. The van der Waals surface area contributed by atoms with Crippen LogP contribution >= 0.6 is 12.4 Å². The van der Waals surface area contributed by atoms with Crippen LogP contribution in [0.1, 0.15) is 32.1 Å². The fourth-order valence-electron chi connectivity index (χ4n) is 3.94. The number of benzene rings is 1. The molecule has 27 heavy (non-hydrogen) atoms. The summed E-state index contributed by atoms with van der Waals surface area (Å²) in [5.74, 6) is 0.926. The van der Waals surface area contributed by atoms with Crippen molar-refractivity contribution in [2.45, 2.75) is 38.1 Å². The zero-order valence-electron chi connectivity index (χ0n) is 15.7. The average molecular weight is 396 g/mol. The molecule has 2 unspecified atom stereocenters. The molecule has 0 bridgehead atoms. The van der Waals surface area contributed by atoms with Crippen molar-refractivity contribution in [3.05, 3.63) is 30.3 Å². The normalized spacial score (nSPS) is 22.3. The van der Waals surface area contributed by atoms with Crippen LogP contribution in [0.4, 0.5) is 0 Å². The lowest BCUT2D eigenvalue weighted by Gasteiger charge is -2.35. The average Bonchev–Trinajstić information content (AvgIpc) is 3.17. The van der Waals surface area contributed by atoms with Crippen molar-refractivity contribution in [3.63, 3.8) is 0 Å². The van der Waals surface area contributed by atoms with Crippen molar-refractivity contribution in [3.8, 4) is 5.75 Å². The van der Waals surface area contributed by atoms with Gasteiger partial charge in [0.25, 0.3) is 0 Å². The van der Waals surface area contributed by atoms with E-state index in [0.29, 0.717) is 26.1 Å². The molecule has 2 fully saturated rings. The Bertz CT molecular complexity index is 614. The molecule has 2 aliphatic rings. The molecule has 2 aliphatic heterocycles. The summed E-state index contributed by atoms with van der Waals surface area (Å²) in [6, 6.07) is 9.68. The van der Waals surface area contributed by atoms with Gasteiger partial charge in [-0.25, -0.2) is 0 Å². The zero-order valence-corrected chi connectivity index (χ0v) is 16.5. The lowest BCUT2D eigenvalue weighted by Crippen LogP contribution is -2.49. The first-order chi connectivity index (χ1) is 12.7. The van der Waals surface area contributed by atoms with Gasteiger partial charge in [0, 0.05) is 32.2 Å². The van der Waals surface area contributed by atoms with Crippen molar-refractivity contribution in [2.75, 3.05) is 32.8 Å². The third-order valence-corrected chi connectivity index (χ3v) is 5.38. The standard InChI is InChI=1S/C20H29N3O3.ClH/c21-14-17-7-5-12-23(17)20(25)16-6-4-11-22(15-16)19(24)10-13-26-18-8-2-1-3-9-18;/h1-3,8-9,16-17H,4-7,10-15,21H2;1H. The molecule has 0 spiro atoms. The predicted octanol–water partition coefficient (Wildman–Crippen LogP) is 2.07. The third-order valence-electron chi connectivity index (χ3n) is 5.38. The van der Waals surface area contributed by atoms with Crippen LogP contribution in [0.3, 0.4) is 0 Å². The van der Waals surface area contributed by atoms with Gasteiger partial charge in [0.1, 0.15) is 5.75 Å². The Labute approximate surface area is 167 Å². The Morgan fingerprint density at radius 2 is 1.85 bits per heavy atom. The number of likely N-dealkylation sites (tertiary alicyclic amines) is 2. The number of nitrogens with zero attached hydrogens (tertiary/aromatic N) is 2. The van der Waals surface area contributed by atoms with Gasteiger partial charge in [-0.2, -0.15) is 0 Å². The number of hydrogen-bond acceptors (Lipinski definition) is 4. The maximum Gasteiger partial charge on any atom is 0.227 e. The summed E-state index contributed by atoms with van der Waals surface area (Å²) in [6.45, 7) is 2.94. The number of para-hydroxylation sites is 1. The highest BCUT2D eigenvalue weighted by Gasteiger charge is 2.35. The minimum atomic E-state index is -0.0881. The first-order valence-corrected chi connectivity index (χ1v) is 9.65. The molecule has 0 saturated carbocycles. The van der Waals surface area contributed by atoms with Gasteiger partial charge in [-0.3, -0.25) is 9.59 Å². The molecule has 2 heterocycles. The van der Waals surface area contributed by atoms with E-state index in [9.17, 15) is 9.59 Å². The monoisotopic (exact) mass is 395 g/mol. The smallest absolute Gasteiger partial charge is 0.227 e. The van der Waals surface area contributed by atoms with Crippen LogP contribution in [0.2, 0.25) is 0 Å². The maximum absolute atomic E-state index is 12.8. The Kier molecular flexibility index (Phi) is 8.38. The van der Waals surface area contributed by atoms with E-state index in [1.165, 1.54) is 0 Å². The Balaban J connectivity index is 0.00000261. The molecule has 7 heteroatoms. The van der Waals surface area contributed by atoms with Crippen LogP contribution in [0.15, 0.2) is 30.3 Å². The fourth-order valence-corrected chi connectivity index (χ4v) is 3.94. The summed E-state index contributed by atoms with van der Waals surface area (Å²) in [5.41, 5.74) is 5.80. The fraction of sp³-hybridized carbons (Fsp3) is 0.600. The lowest BCUT2D eigenvalue weighted by molar-refractivity contribution is -0.141. The molecule has 150 valence electrons. The van der Waals surface area contributed by atoms with E-state index in [1.54, 1.807) is 0 Å². The van der Waals surface area contributed by atoms with Gasteiger partial charge in [-0.15, -0.1) is 12.4 Å². The largest absolute Gasteiger partial charge is 0.493 e. The van der Waals surface area contributed by atoms with E-state index in [-0.39, 0.29) is 36.2 Å². The second-order valence-electron chi connectivity index (χ2n) is 7.15. The highest BCUT2D eigenvalue weighted by Crippen LogP contribution is 2.24. The number of amides is 2. The molecule has 2 atom stereocenters. The first-order valence-electron chi connectivity index (χ1n) is 9.65. The quantitative estimate of drug-likeness (QED) is 0.799. The van der Waals surface area contributed by atoms with E-state index in [4.69, 9.17) is 10.5 Å². The third kappa shape index (κ3) is 5.59. The van der Waals surface area contributed by atoms with E-state index in [2.05, 4.69) is 0 Å². The van der Waals surface area contributed by atoms with E-state index < -0.39 is 0 Å². The molecular formula is C20H30ClN3O3. The summed E-state index contributed by atoms with van der Waals surface area (Å²) < 4.78 is 5.62. The van der Waals surface area contributed by atoms with Crippen LogP contribution in [-0.4, -0.2) is 60.4 Å². The zero-order chi connectivity index (χ0) is 18.4. The molecule has 0 aliphatic carbocycles. The molecular weight excluding hydrogens is 366 g/mol. The highest BCUT2D eigenvalue weighted by atomic mass is 35.5. The maximum atomic E-state index is 12.8. The number of carbonyl (C=O) groups excluding carboxylic acids is 2. The van der Waals surface area contributed by atoms with Crippen LogP contribution in [0.5, 0.6) is 5.75 Å². The number of rotatable bonds is 6. The first kappa shape index (κ1) is 21.5. The molecule has 0 radical (unpaired) electrons. The Hall–Kier alpha value is -1.79. The van der Waals surface area contributed by atoms with Crippen molar-refractivity contribution >= 4 is 24.2 Å². The van der Waals surface area contributed by atoms with Gasteiger partial charge in [-0.1, -0.05) is 18.2 Å². The summed E-state index contributed by atoms with van der Waals surface area (Å²) in [6.07, 6.45) is 4.10. The van der Waals surface area contributed by atoms with Gasteiger partial charge >= 0.3 is 0 Å². The van der Waals surface area contributed by atoms with E-state index in [1.807, 2.05) is 40.1 Å². The number of nitrogens with two attached hydrogens (primary N) is 1. The van der Waals surface area contributed by atoms with Gasteiger partial charge < -0.3 is 20.3 Å². The number of piperidine rings is 1. The molecule has 2 N–H and O–H groups in total. The SMILES string of the molecule is Cl.NCC1CCCN1C(=O)C1CCCN(C(=O)CCOc2ccccc2)C1. The van der Waals surface area contributed by atoms with Gasteiger partial charge in [-0.05, 0) is 37.8 Å². The van der Waals surface area contributed by atoms with Crippen LogP contribution in [0.25, 0.3) is 0 Å². The van der Waals surface area contributed by atoms with E-state index >= 15 is 0 Å². The number of carbonyl (C=O) groups is 2. The van der Waals surface area contributed by atoms with Crippen molar-refractivity contribution in [1.29, 1.82) is 0 Å². The van der Waals surface area contributed by atoms with Crippen LogP contribution in [0, 0.1) is 5.92 Å². The summed E-state index contributed by atoms with van der Waals surface area (Å²) in [4.78, 5) is 29.1. The summed E-state index contributed by atoms with van der Waals surface area (Å²) >= 11 is 0. The summed E-state index contributed by atoms with van der Waals surface area (Å²) in [5, 5.41) is 0. The Morgan fingerprint density at radius 1 is 1.11 bits per heavy atom. The van der Waals surface area contributed by atoms with Crippen LogP contribution < -0.4 is 10.5 Å². The topological polar surface area (TPSA) is 75.9 Å². The molecule has 2 amide bonds. The summed E-state index contributed by atoms with van der Waals surface area (Å²) in [7, 11) is 0. The van der Waals surface area contributed by atoms with Crippen molar-refractivity contribution in [1.82, 2.24) is 9.80 Å². The van der Waals surface area contributed by atoms with E-state index in [0.717, 1.165) is 44.5 Å². The van der Waals surface area contributed by atoms with Gasteiger partial charge in [0.2, 0.25) is 11.8 Å². The molecule has 1 aromatic carbocycles. The van der Waals surface area contributed by atoms with Gasteiger partial charge in [0.05, 0.1) is 18.9 Å². The molecule has 2 saturated heterocycles. The van der Waals surface area contributed by atoms with Gasteiger partial charge in [0.15, 0.2) is 0 Å². The second-order valence-corrected chi connectivity index (χ2v) is 7.15. The van der Waals surface area contributed by atoms with Crippen molar-refractivity contribution in [2.24, 2.45) is 11.7 Å². The molecule has 6 nitrogen and oxygen atoms in total. The molecule has 0 aromatic heterocycles.